The van der Waals surface area contributed by atoms with Gasteiger partial charge in [0.2, 0.25) is 0 Å². The fourth-order valence-electron chi connectivity index (χ4n) is 3.79. The van der Waals surface area contributed by atoms with Crippen molar-refractivity contribution >= 4 is 22.7 Å². The average molecular weight is 401 g/mol. The van der Waals surface area contributed by atoms with Crippen LogP contribution in [0.25, 0.3) is 11.2 Å². The van der Waals surface area contributed by atoms with Crippen molar-refractivity contribution < 1.29 is 25.2 Å². The molecule has 10 nitrogen and oxygen atoms in total. The summed E-state index contributed by atoms with van der Waals surface area (Å²) in [5, 5.41) is 43.3. The van der Waals surface area contributed by atoms with Crippen LogP contribution in [0.2, 0.25) is 0 Å². The molecule has 0 aliphatic carbocycles. The summed E-state index contributed by atoms with van der Waals surface area (Å²) in [6.07, 6.45) is -0.631. The van der Waals surface area contributed by atoms with Crippen molar-refractivity contribution in [3.63, 3.8) is 0 Å². The molecule has 0 unspecified atom stereocenters. The Balaban J connectivity index is 1.80. The van der Waals surface area contributed by atoms with Gasteiger partial charge in [0.15, 0.2) is 22.7 Å². The molecule has 1 fully saturated rings. The van der Waals surface area contributed by atoms with E-state index >= 15 is 0 Å². The van der Waals surface area contributed by atoms with E-state index in [9.17, 15) is 20.4 Å². The number of phenols is 1. The largest absolute Gasteiger partial charge is 0.508 e. The lowest BCUT2D eigenvalue weighted by Crippen LogP contribution is -2.49. The molecular formula is C19H23N5O5. The maximum Gasteiger partial charge on any atom is 0.178 e. The van der Waals surface area contributed by atoms with E-state index in [0.717, 1.165) is 0 Å². The van der Waals surface area contributed by atoms with Gasteiger partial charge in [-0.3, -0.25) is 4.57 Å². The van der Waals surface area contributed by atoms with E-state index in [2.05, 4.69) is 20.3 Å². The summed E-state index contributed by atoms with van der Waals surface area (Å²) in [4.78, 5) is 13.0. The van der Waals surface area contributed by atoms with Crippen molar-refractivity contribution in [3.05, 3.63) is 36.9 Å². The number of aromatic hydroxyl groups is 1. The Morgan fingerprint density at radius 3 is 2.52 bits per heavy atom. The predicted molar refractivity (Wildman–Crippen MR) is 103 cm³/mol. The first-order valence-electron chi connectivity index (χ1n) is 9.28. The van der Waals surface area contributed by atoms with Crippen molar-refractivity contribution in [2.45, 2.75) is 37.9 Å². The van der Waals surface area contributed by atoms with E-state index in [0.29, 0.717) is 22.7 Å². The van der Waals surface area contributed by atoms with Crippen LogP contribution in [0.5, 0.6) is 5.75 Å². The number of hydrogen-bond donors (Lipinski definition) is 5. The second-order valence-corrected chi connectivity index (χ2v) is 7.36. The highest BCUT2D eigenvalue weighted by molar-refractivity contribution is 5.85. The Morgan fingerprint density at radius 1 is 1.17 bits per heavy atom. The molecule has 1 aromatic carbocycles. The van der Waals surface area contributed by atoms with Gasteiger partial charge in [0.05, 0.1) is 12.9 Å². The molecule has 3 heterocycles. The second kappa shape index (κ2) is 7.23. The third kappa shape index (κ3) is 3.01. The van der Waals surface area contributed by atoms with Gasteiger partial charge in [-0.15, -0.1) is 0 Å². The maximum absolute atomic E-state index is 10.8. The van der Waals surface area contributed by atoms with Gasteiger partial charge in [-0.1, -0.05) is 13.8 Å². The number of hydrogen-bond acceptors (Lipinski definition) is 9. The Hall–Kier alpha value is -2.79. The monoisotopic (exact) mass is 401 g/mol. The molecule has 1 saturated heterocycles. The van der Waals surface area contributed by atoms with Gasteiger partial charge in [0, 0.05) is 11.6 Å². The van der Waals surface area contributed by atoms with E-state index in [4.69, 9.17) is 4.74 Å². The highest BCUT2D eigenvalue weighted by Crippen LogP contribution is 2.43. The van der Waals surface area contributed by atoms with E-state index in [1.807, 2.05) is 13.8 Å². The number of ether oxygens (including phenoxy) is 1. The molecule has 3 aromatic rings. The van der Waals surface area contributed by atoms with Gasteiger partial charge in [-0.05, 0) is 24.3 Å². The van der Waals surface area contributed by atoms with E-state index < -0.39 is 30.6 Å². The van der Waals surface area contributed by atoms with Gasteiger partial charge in [-0.2, -0.15) is 0 Å². The number of aromatic nitrogens is 4. The summed E-state index contributed by atoms with van der Waals surface area (Å²) in [6, 6.07) is 6.49. The summed E-state index contributed by atoms with van der Waals surface area (Å²) in [6.45, 7) is 3.26. The van der Waals surface area contributed by atoms with E-state index in [-0.39, 0.29) is 11.7 Å². The van der Waals surface area contributed by atoms with Gasteiger partial charge in [-0.25, -0.2) is 15.0 Å². The molecule has 4 rings (SSSR count). The summed E-state index contributed by atoms with van der Waals surface area (Å²) < 4.78 is 7.56. The molecule has 0 amide bonds. The first kappa shape index (κ1) is 19.5. The third-order valence-corrected chi connectivity index (χ3v) is 5.32. The first-order valence-corrected chi connectivity index (χ1v) is 9.28. The summed E-state index contributed by atoms with van der Waals surface area (Å²) in [5.74, 6) is 0.311. The minimum Gasteiger partial charge on any atom is -0.508 e. The van der Waals surface area contributed by atoms with Crippen molar-refractivity contribution in [1.29, 1.82) is 0 Å². The van der Waals surface area contributed by atoms with Crippen LogP contribution in [0.3, 0.4) is 0 Å². The average Bonchev–Trinajstić information content (AvgIpc) is 3.25. The lowest BCUT2D eigenvalue weighted by molar-refractivity contribution is -0.174. The van der Waals surface area contributed by atoms with Crippen LogP contribution in [0.1, 0.15) is 13.8 Å². The van der Waals surface area contributed by atoms with Gasteiger partial charge < -0.3 is 30.5 Å². The van der Waals surface area contributed by atoms with Crippen molar-refractivity contribution in [1.82, 2.24) is 19.5 Å². The molecule has 0 radical (unpaired) electrons. The highest BCUT2D eigenvalue weighted by Gasteiger charge is 2.57. The zero-order chi connectivity index (χ0) is 20.8. The number of anilines is 2. The molecule has 0 spiro atoms. The molecule has 5 N–H and O–H groups in total. The number of benzene rings is 1. The van der Waals surface area contributed by atoms with Crippen LogP contribution >= 0.6 is 0 Å². The number of aliphatic hydroxyl groups excluding tert-OH is 3. The number of fused-ring (bicyclic) bond motifs is 1. The minimum absolute atomic E-state index is 0.149. The molecule has 154 valence electrons. The number of nitrogens with zero attached hydrogens (tertiary/aromatic N) is 4. The normalized spacial score (nSPS) is 27.0. The van der Waals surface area contributed by atoms with Crippen molar-refractivity contribution in [2.75, 3.05) is 11.9 Å². The smallest absolute Gasteiger partial charge is 0.178 e. The molecule has 0 bridgehead atoms. The van der Waals surface area contributed by atoms with Crippen LogP contribution in [-0.2, 0) is 10.5 Å². The highest BCUT2D eigenvalue weighted by atomic mass is 16.6. The summed E-state index contributed by atoms with van der Waals surface area (Å²) in [7, 11) is 0. The van der Waals surface area contributed by atoms with Gasteiger partial charge in [0.1, 0.15) is 30.4 Å². The zero-order valence-corrected chi connectivity index (χ0v) is 16.0. The van der Waals surface area contributed by atoms with Gasteiger partial charge in [0.25, 0.3) is 0 Å². The van der Waals surface area contributed by atoms with E-state index in [1.165, 1.54) is 12.7 Å². The van der Waals surface area contributed by atoms with Crippen LogP contribution in [-0.4, -0.2) is 64.9 Å². The Morgan fingerprint density at radius 2 is 1.90 bits per heavy atom. The second-order valence-electron chi connectivity index (χ2n) is 7.36. The standard InChI is InChI=1S/C19H23N5O5/c1-10(2)19(16(28)15(27)13(7-25)29-19)24-9-22-14-17(20-8-21-18(14)24)23-11-3-5-12(26)6-4-11/h3-6,8-10,13,15-16,25-28H,7H2,1-2H3,(H,20,21,23)/t13-,15-,16-,19-/m1/s1. The molecule has 0 saturated carbocycles. The SMILES string of the molecule is CC(C)[C@@]1(n2cnc3c(Nc4ccc(O)cc4)ncnc32)O[C@H](CO)[C@@H](O)[C@H]1O. The molecule has 29 heavy (non-hydrogen) atoms. The number of imidazole rings is 1. The Labute approximate surface area is 166 Å². The number of nitrogens with one attached hydrogen (secondary N) is 1. The first-order chi connectivity index (χ1) is 13.9. The lowest BCUT2D eigenvalue weighted by atomic mass is 9.91. The van der Waals surface area contributed by atoms with Crippen LogP contribution in [0.4, 0.5) is 11.5 Å². The summed E-state index contributed by atoms with van der Waals surface area (Å²) >= 11 is 0. The quantitative estimate of drug-likeness (QED) is 0.390. The molecule has 4 atom stereocenters. The molecule has 2 aromatic heterocycles. The summed E-state index contributed by atoms with van der Waals surface area (Å²) in [5.41, 5.74) is 0.188. The molecule has 1 aliphatic rings. The molecule has 1 aliphatic heterocycles. The topological polar surface area (TPSA) is 146 Å². The van der Waals surface area contributed by atoms with Crippen molar-refractivity contribution in [2.24, 2.45) is 5.92 Å². The number of aliphatic hydroxyl groups is 3. The fourth-order valence-corrected chi connectivity index (χ4v) is 3.79. The Kier molecular flexibility index (Phi) is 4.87. The number of rotatable bonds is 5. The van der Waals surface area contributed by atoms with Crippen LogP contribution in [0, 0.1) is 5.92 Å². The fraction of sp³-hybridized carbons (Fsp3) is 0.421. The minimum atomic E-state index is -1.36. The Bertz CT molecular complexity index is 1010. The van der Waals surface area contributed by atoms with Crippen molar-refractivity contribution in [3.8, 4) is 5.75 Å². The predicted octanol–water partition coefficient (Wildman–Crippen LogP) is 0.697. The molecular weight excluding hydrogens is 378 g/mol. The number of phenolic OH excluding ortho intramolecular Hbond substituents is 1. The maximum atomic E-state index is 10.8. The van der Waals surface area contributed by atoms with E-state index in [1.54, 1.807) is 28.8 Å². The molecule has 10 heteroatoms. The van der Waals surface area contributed by atoms with Crippen LogP contribution < -0.4 is 5.32 Å². The van der Waals surface area contributed by atoms with Crippen LogP contribution in [0.15, 0.2) is 36.9 Å². The lowest BCUT2D eigenvalue weighted by Gasteiger charge is -2.37. The van der Waals surface area contributed by atoms with Gasteiger partial charge >= 0.3 is 0 Å². The zero-order valence-electron chi connectivity index (χ0n) is 16.0. The third-order valence-electron chi connectivity index (χ3n) is 5.32.